The molecule has 0 radical (unpaired) electrons. The third-order valence-electron chi connectivity index (χ3n) is 6.22. The normalized spacial score (nSPS) is 19.6. The van der Waals surface area contributed by atoms with Crippen molar-refractivity contribution in [2.24, 2.45) is 4.99 Å². The minimum atomic E-state index is -4.59. The zero-order valence-corrected chi connectivity index (χ0v) is 19.5. The number of nitrogens with one attached hydrogen (secondary N) is 1. The van der Waals surface area contributed by atoms with Crippen LogP contribution in [0.5, 0.6) is 5.75 Å². The summed E-state index contributed by atoms with van der Waals surface area (Å²) in [5, 5.41) is 3.00. The van der Waals surface area contributed by atoms with Crippen LogP contribution in [-0.4, -0.2) is 82.3 Å². The van der Waals surface area contributed by atoms with Crippen molar-refractivity contribution in [3.63, 3.8) is 0 Å². The van der Waals surface area contributed by atoms with Gasteiger partial charge in [-0.15, -0.1) is 0 Å². The topological polar surface area (TPSA) is 70.3 Å². The van der Waals surface area contributed by atoms with Gasteiger partial charge in [0.25, 0.3) is 0 Å². The molecule has 4 heterocycles. The second-order valence-electron chi connectivity index (χ2n) is 8.72. The molecule has 0 aliphatic carbocycles. The van der Waals surface area contributed by atoms with E-state index in [0.29, 0.717) is 17.2 Å². The van der Waals surface area contributed by atoms with Gasteiger partial charge in [-0.2, -0.15) is 17.6 Å². The van der Waals surface area contributed by atoms with Gasteiger partial charge < -0.3 is 15.0 Å². The number of piperazine rings is 1. The average Bonchev–Trinajstić information content (AvgIpc) is 3.30. The molecule has 36 heavy (non-hydrogen) atoms. The number of hydrogen-bond donors (Lipinski definition) is 1. The molecule has 0 saturated carbocycles. The summed E-state index contributed by atoms with van der Waals surface area (Å²) in [6.07, 6.45) is 1.49. The quantitative estimate of drug-likeness (QED) is 0.489. The Hall–Kier alpha value is -3.51. The Balaban J connectivity index is 1.32. The molecule has 190 valence electrons. The minimum absolute atomic E-state index is 0.132. The average molecular weight is 504 g/mol. The molecule has 12 heteroatoms. The lowest BCUT2D eigenvalue weighted by atomic mass is 10.1. The zero-order chi connectivity index (χ0) is 25.3. The van der Waals surface area contributed by atoms with Gasteiger partial charge in [0.15, 0.2) is 11.5 Å². The van der Waals surface area contributed by atoms with Crippen molar-refractivity contribution in [1.29, 1.82) is 0 Å². The monoisotopic (exact) mass is 503 g/mol. The van der Waals surface area contributed by atoms with Gasteiger partial charge in [0.05, 0.1) is 11.9 Å². The Morgan fingerprint density at radius 2 is 1.94 bits per heavy atom. The largest absolute Gasteiger partial charge is 0.461 e. The molecule has 2 aromatic heterocycles. The van der Waals surface area contributed by atoms with Crippen LogP contribution in [0.2, 0.25) is 0 Å². The summed E-state index contributed by atoms with van der Waals surface area (Å²) in [5.74, 6) is -0.0371. The first-order valence-electron chi connectivity index (χ1n) is 11.5. The minimum Gasteiger partial charge on any atom is -0.428 e. The molecule has 1 atom stereocenters. The number of ether oxygens (including phenoxy) is 1. The number of nitrogens with zero attached hydrogens (tertiary/aromatic N) is 6. The predicted octanol–water partition coefficient (Wildman–Crippen LogP) is 4.14. The standard InChI is InChI=1S/C24H25F4N7O/c1-33-9-11-34(12-10-33)20-6-5-16(14-30-20)19-15-31-22-21(29-7-8-35(19)22)32-17-3-2-4-18(13-17)36-24(27,28)23(25)26/h2-5,7-8,13-15,20,23H,6,9-12H2,1H3,(H,29,32). The lowest BCUT2D eigenvalue weighted by Crippen LogP contribution is -2.48. The maximum Gasteiger partial charge on any atom is 0.461 e. The lowest BCUT2D eigenvalue weighted by Gasteiger charge is -2.36. The van der Waals surface area contributed by atoms with Crippen molar-refractivity contribution < 1.29 is 22.3 Å². The van der Waals surface area contributed by atoms with Gasteiger partial charge in [0, 0.05) is 68.5 Å². The molecule has 0 bridgehead atoms. The number of imidazole rings is 1. The van der Waals surface area contributed by atoms with Crippen molar-refractivity contribution in [1.82, 2.24) is 24.2 Å². The first-order chi connectivity index (χ1) is 17.3. The second-order valence-corrected chi connectivity index (χ2v) is 8.72. The van der Waals surface area contributed by atoms with Crippen molar-refractivity contribution >= 4 is 28.9 Å². The Morgan fingerprint density at radius 3 is 2.67 bits per heavy atom. The molecular formula is C24H25F4N7O. The van der Waals surface area contributed by atoms with Crippen LogP contribution in [-0.2, 0) is 0 Å². The molecule has 1 saturated heterocycles. The van der Waals surface area contributed by atoms with E-state index in [9.17, 15) is 17.6 Å². The Labute approximate surface area is 204 Å². The fourth-order valence-corrected chi connectivity index (χ4v) is 4.24. The number of alkyl halides is 4. The molecule has 5 rings (SSSR count). The summed E-state index contributed by atoms with van der Waals surface area (Å²) in [5.41, 5.74) is 2.61. The van der Waals surface area contributed by atoms with Crippen LogP contribution in [0.1, 0.15) is 12.1 Å². The molecule has 1 fully saturated rings. The van der Waals surface area contributed by atoms with Gasteiger partial charge >= 0.3 is 12.5 Å². The number of rotatable bonds is 7. The number of dihydropyridines is 1. The van der Waals surface area contributed by atoms with E-state index in [1.54, 1.807) is 24.7 Å². The third kappa shape index (κ3) is 5.05. The Bertz CT molecular complexity index is 1280. The van der Waals surface area contributed by atoms with Crippen molar-refractivity contribution in [3.05, 3.63) is 54.6 Å². The molecule has 8 nitrogen and oxygen atoms in total. The van der Waals surface area contributed by atoms with Crippen LogP contribution in [0, 0.1) is 0 Å². The first-order valence-corrected chi connectivity index (χ1v) is 11.5. The summed E-state index contributed by atoms with van der Waals surface area (Å²) in [6.45, 7) is 4.04. The van der Waals surface area contributed by atoms with Gasteiger partial charge in [-0.3, -0.25) is 14.3 Å². The molecule has 0 amide bonds. The summed E-state index contributed by atoms with van der Waals surface area (Å²) in [4.78, 5) is 18.3. The van der Waals surface area contributed by atoms with Crippen LogP contribution >= 0.6 is 0 Å². The van der Waals surface area contributed by atoms with E-state index in [2.05, 4.69) is 42.9 Å². The summed E-state index contributed by atoms with van der Waals surface area (Å²) in [6, 6.07) is 5.36. The SMILES string of the molecule is CN1CCN(C2CC=C(c3cnc4c(Nc5cccc(OC(F)(F)C(F)F)c5)nccn34)C=N2)CC1. The highest BCUT2D eigenvalue weighted by Gasteiger charge is 2.44. The van der Waals surface area contributed by atoms with Crippen LogP contribution in [0.15, 0.2) is 53.9 Å². The molecule has 1 N–H and O–H groups in total. The van der Waals surface area contributed by atoms with E-state index in [1.807, 2.05) is 10.6 Å². The second kappa shape index (κ2) is 9.86. The molecule has 3 aromatic rings. The molecule has 1 unspecified atom stereocenters. The van der Waals surface area contributed by atoms with Crippen LogP contribution in [0.4, 0.5) is 29.1 Å². The maximum atomic E-state index is 13.3. The zero-order valence-electron chi connectivity index (χ0n) is 19.5. The molecule has 2 aliphatic rings. The molecule has 2 aliphatic heterocycles. The third-order valence-corrected chi connectivity index (χ3v) is 6.22. The van der Waals surface area contributed by atoms with Crippen molar-refractivity contribution in [3.8, 4) is 5.75 Å². The number of benzene rings is 1. The van der Waals surface area contributed by atoms with Crippen molar-refractivity contribution in [2.45, 2.75) is 25.1 Å². The number of likely N-dealkylation sites (N-methyl/N-ethyl adjacent to an activating group) is 1. The van der Waals surface area contributed by atoms with Gasteiger partial charge in [-0.1, -0.05) is 12.1 Å². The molecule has 1 aromatic carbocycles. The number of hydrogen-bond acceptors (Lipinski definition) is 7. The summed E-state index contributed by atoms with van der Waals surface area (Å²) >= 11 is 0. The Kier molecular flexibility index (Phi) is 6.63. The van der Waals surface area contributed by atoms with E-state index in [1.165, 1.54) is 18.2 Å². The maximum absolute atomic E-state index is 13.3. The lowest BCUT2D eigenvalue weighted by molar-refractivity contribution is -0.253. The fourth-order valence-electron chi connectivity index (χ4n) is 4.24. The van der Waals surface area contributed by atoms with Gasteiger partial charge in [-0.25, -0.2) is 9.97 Å². The van der Waals surface area contributed by atoms with E-state index in [4.69, 9.17) is 4.99 Å². The highest BCUT2D eigenvalue weighted by atomic mass is 19.3. The molecule has 0 spiro atoms. The van der Waals surface area contributed by atoms with E-state index >= 15 is 0 Å². The number of anilines is 2. The molecular weight excluding hydrogens is 478 g/mol. The highest BCUT2D eigenvalue weighted by molar-refractivity contribution is 6.10. The Morgan fingerprint density at radius 1 is 1.14 bits per heavy atom. The smallest absolute Gasteiger partial charge is 0.428 e. The highest BCUT2D eigenvalue weighted by Crippen LogP contribution is 2.30. The van der Waals surface area contributed by atoms with E-state index in [-0.39, 0.29) is 6.17 Å². The number of allylic oxidation sites excluding steroid dienone is 1. The van der Waals surface area contributed by atoms with Crippen LogP contribution in [0.25, 0.3) is 11.2 Å². The van der Waals surface area contributed by atoms with E-state index in [0.717, 1.165) is 43.9 Å². The van der Waals surface area contributed by atoms with Crippen molar-refractivity contribution in [2.75, 3.05) is 38.5 Å². The van der Waals surface area contributed by atoms with Gasteiger partial charge in [0.2, 0.25) is 0 Å². The number of aliphatic imine (C=N–C) groups is 1. The number of halogens is 4. The van der Waals surface area contributed by atoms with Gasteiger partial charge in [0.1, 0.15) is 11.9 Å². The fraction of sp³-hybridized carbons (Fsp3) is 0.375. The number of fused-ring (bicyclic) bond motifs is 1. The van der Waals surface area contributed by atoms with Crippen LogP contribution < -0.4 is 10.1 Å². The number of aromatic nitrogens is 3. The van der Waals surface area contributed by atoms with Crippen LogP contribution in [0.3, 0.4) is 0 Å². The van der Waals surface area contributed by atoms with Gasteiger partial charge in [-0.05, 0) is 19.2 Å². The van der Waals surface area contributed by atoms with E-state index < -0.39 is 18.3 Å². The predicted molar refractivity (Wildman–Crippen MR) is 128 cm³/mol. The first kappa shape index (κ1) is 24.2. The summed E-state index contributed by atoms with van der Waals surface area (Å²) < 4.78 is 57.6. The summed E-state index contributed by atoms with van der Waals surface area (Å²) in [7, 11) is 2.12.